The van der Waals surface area contributed by atoms with Crippen LogP contribution in [0.2, 0.25) is 0 Å². The highest BCUT2D eigenvalue weighted by Gasteiger charge is 2.13. The molecule has 0 unspecified atom stereocenters. The summed E-state index contributed by atoms with van der Waals surface area (Å²) in [6, 6.07) is 1.86. The van der Waals surface area contributed by atoms with Gasteiger partial charge in [0, 0.05) is 4.88 Å². The third kappa shape index (κ3) is 1.43. The average Bonchev–Trinajstić information content (AvgIpc) is 2.46. The van der Waals surface area contributed by atoms with Gasteiger partial charge in [0.15, 0.2) is 5.69 Å². The Hall–Kier alpha value is -1.41. The van der Waals surface area contributed by atoms with Crippen molar-refractivity contribution < 1.29 is 9.90 Å². The molecule has 12 heavy (non-hydrogen) atoms. The van der Waals surface area contributed by atoms with Gasteiger partial charge in [-0.25, -0.2) is 9.78 Å². The van der Waals surface area contributed by atoms with Crippen LogP contribution in [-0.2, 0) is 6.42 Å². The summed E-state index contributed by atoms with van der Waals surface area (Å²) in [5, 5.41) is 17.1. The maximum absolute atomic E-state index is 10.4. The van der Waals surface area contributed by atoms with Gasteiger partial charge in [0.1, 0.15) is 6.07 Å². The van der Waals surface area contributed by atoms with Crippen molar-refractivity contribution in [1.82, 2.24) is 4.98 Å². The number of aromatic nitrogens is 1. The van der Waals surface area contributed by atoms with E-state index in [0.717, 1.165) is 16.2 Å². The minimum atomic E-state index is -1.07. The molecule has 0 spiro atoms. The van der Waals surface area contributed by atoms with Crippen molar-refractivity contribution in [2.24, 2.45) is 0 Å². The molecule has 1 aromatic rings. The Morgan fingerprint density at radius 3 is 2.83 bits per heavy atom. The van der Waals surface area contributed by atoms with Crippen molar-refractivity contribution in [3.63, 3.8) is 0 Å². The Labute approximate surface area is 73.1 Å². The first kappa shape index (κ1) is 8.68. The van der Waals surface area contributed by atoms with Gasteiger partial charge in [-0.1, -0.05) is 6.92 Å². The molecule has 0 aliphatic heterocycles. The third-order valence-electron chi connectivity index (χ3n) is 1.31. The molecular weight excluding hydrogens is 176 g/mol. The molecular formula is C7H6N2O2S. The Morgan fingerprint density at radius 2 is 2.50 bits per heavy atom. The maximum Gasteiger partial charge on any atom is 0.365 e. The summed E-state index contributed by atoms with van der Waals surface area (Å²) in [5.41, 5.74) is 0.236. The van der Waals surface area contributed by atoms with Crippen molar-refractivity contribution >= 4 is 17.3 Å². The summed E-state index contributed by atoms with van der Waals surface area (Å²) < 4.78 is 0. The van der Waals surface area contributed by atoms with Crippen molar-refractivity contribution in [2.45, 2.75) is 13.3 Å². The van der Waals surface area contributed by atoms with Crippen LogP contribution in [0.4, 0.5) is 0 Å². The first-order valence-electron chi connectivity index (χ1n) is 3.32. The summed E-state index contributed by atoms with van der Waals surface area (Å²) in [4.78, 5) is 14.8. The van der Waals surface area contributed by atoms with Gasteiger partial charge in [0.25, 0.3) is 0 Å². The summed E-state index contributed by atoms with van der Waals surface area (Å²) in [7, 11) is 0. The molecule has 0 aliphatic rings. The molecule has 0 atom stereocenters. The predicted molar refractivity (Wildman–Crippen MR) is 43.2 cm³/mol. The fourth-order valence-corrected chi connectivity index (χ4v) is 1.56. The van der Waals surface area contributed by atoms with Crippen molar-refractivity contribution in [2.75, 3.05) is 0 Å². The minimum absolute atomic E-state index is 0.0107. The molecule has 0 bridgehead atoms. The normalized spacial score (nSPS) is 9.33. The van der Waals surface area contributed by atoms with Gasteiger partial charge < -0.3 is 5.11 Å². The second-order valence-corrected chi connectivity index (χ2v) is 3.14. The molecule has 0 aromatic carbocycles. The van der Waals surface area contributed by atoms with Crippen LogP contribution in [0, 0.1) is 11.3 Å². The van der Waals surface area contributed by atoms with E-state index in [1.807, 2.05) is 13.0 Å². The van der Waals surface area contributed by atoms with Gasteiger partial charge in [-0.3, -0.25) is 0 Å². The van der Waals surface area contributed by atoms with E-state index in [4.69, 9.17) is 10.4 Å². The second-order valence-electron chi connectivity index (χ2n) is 2.06. The number of carbonyl (C=O) groups is 1. The lowest BCUT2D eigenvalue weighted by Gasteiger charge is -1.83. The fourth-order valence-electron chi connectivity index (χ4n) is 0.770. The van der Waals surface area contributed by atoms with Crippen LogP contribution in [0.3, 0.4) is 0 Å². The number of thiazole rings is 1. The first-order valence-corrected chi connectivity index (χ1v) is 4.13. The lowest BCUT2D eigenvalue weighted by molar-refractivity contribution is 0.0696. The summed E-state index contributed by atoms with van der Waals surface area (Å²) in [6.07, 6.45) is 0.647. The highest BCUT2D eigenvalue weighted by molar-refractivity contribution is 7.13. The summed E-state index contributed by atoms with van der Waals surface area (Å²) in [6.45, 7) is 1.86. The van der Waals surface area contributed by atoms with E-state index in [1.165, 1.54) is 0 Å². The summed E-state index contributed by atoms with van der Waals surface area (Å²) >= 11 is 1.06. The lowest BCUT2D eigenvalue weighted by Crippen LogP contribution is -1.94. The molecule has 4 nitrogen and oxygen atoms in total. The molecule has 5 heteroatoms. The Bertz CT molecular complexity index is 351. The zero-order valence-corrected chi connectivity index (χ0v) is 7.18. The number of aryl methyl sites for hydroxylation is 1. The van der Waals surface area contributed by atoms with E-state index in [2.05, 4.69) is 4.98 Å². The molecule has 0 aliphatic carbocycles. The topological polar surface area (TPSA) is 74.0 Å². The molecule has 1 N–H and O–H groups in total. The van der Waals surface area contributed by atoms with Crippen LogP contribution in [0.25, 0.3) is 0 Å². The highest BCUT2D eigenvalue weighted by Crippen LogP contribution is 2.18. The van der Waals surface area contributed by atoms with Crippen LogP contribution in [0.15, 0.2) is 0 Å². The molecule has 0 radical (unpaired) electrons. The molecule has 1 aromatic heterocycles. The van der Waals surface area contributed by atoms with E-state index in [1.54, 1.807) is 0 Å². The zero-order chi connectivity index (χ0) is 9.14. The number of nitrogens with zero attached hydrogens (tertiary/aromatic N) is 2. The average molecular weight is 182 g/mol. The predicted octanol–water partition coefficient (Wildman–Crippen LogP) is 1.28. The Balaban J connectivity index is 3.16. The van der Waals surface area contributed by atoms with Crippen LogP contribution >= 0.6 is 11.3 Å². The molecule has 0 saturated carbocycles. The molecule has 0 saturated heterocycles. The van der Waals surface area contributed by atoms with Crippen LogP contribution in [0.1, 0.15) is 27.3 Å². The molecule has 0 amide bonds. The van der Waals surface area contributed by atoms with Crippen molar-refractivity contribution in [3.05, 3.63) is 15.6 Å². The number of rotatable bonds is 2. The molecule has 1 heterocycles. The lowest BCUT2D eigenvalue weighted by atomic mass is 10.3. The van der Waals surface area contributed by atoms with Gasteiger partial charge >= 0.3 is 5.97 Å². The van der Waals surface area contributed by atoms with Gasteiger partial charge in [-0.2, -0.15) is 5.26 Å². The fraction of sp³-hybridized carbons (Fsp3) is 0.286. The maximum atomic E-state index is 10.4. The number of carboxylic acid groups (broad SMARTS) is 1. The number of hydrogen-bond acceptors (Lipinski definition) is 4. The van der Waals surface area contributed by atoms with Gasteiger partial charge in [0.2, 0.25) is 5.01 Å². The zero-order valence-electron chi connectivity index (χ0n) is 6.37. The van der Waals surface area contributed by atoms with E-state index in [-0.39, 0.29) is 10.7 Å². The monoisotopic (exact) mass is 182 g/mol. The molecule has 62 valence electrons. The van der Waals surface area contributed by atoms with E-state index < -0.39 is 5.97 Å². The van der Waals surface area contributed by atoms with E-state index in [9.17, 15) is 4.79 Å². The van der Waals surface area contributed by atoms with Crippen LogP contribution < -0.4 is 0 Å². The SMILES string of the molecule is CCc1sc(C(=O)O)nc1C#N. The Kier molecular flexibility index (Phi) is 2.41. The number of nitriles is 1. The molecule has 1 rings (SSSR count). The van der Waals surface area contributed by atoms with Gasteiger partial charge in [-0.05, 0) is 6.42 Å². The highest BCUT2D eigenvalue weighted by atomic mass is 32.1. The van der Waals surface area contributed by atoms with E-state index in [0.29, 0.717) is 6.42 Å². The number of aromatic carboxylic acids is 1. The minimum Gasteiger partial charge on any atom is -0.476 e. The smallest absolute Gasteiger partial charge is 0.365 e. The second kappa shape index (κ2) is 3.32. The van der Waals surface area contributed by atoms with Crippen LogP contribution in [-0.4, -0.2) is 16.1 Å². The van der Waals surface area contributed by atoms with E-state index >= 15 is 0 Å². The standard InChI is InChI=1S/C7H6N2O2S/c1-2-5-4(3-8)9-6(12-5)7(10)11/h2H2,1H3,(H,10,11). The number of hydrogen-bond donors (Lipinski definition) is 1. The first-order chi connectivity index (χ1) is 5.69. The summed E-state index contributed by atoms with van der Waals surface area (Å²) in [5.74, 6) is -1.07. The van der Waals surface area contributed by atoms with Crippen LogP contribution in [0.5, 0.6) is 0 Å². The van der Waals surface area contributed by atoms with Gasteiger partial charge in [-0.15, -0.1) is 11.3 Å². The quantitative estimate of drug-likeness (QED) is 0.747. The third-order valence-corrected chi connectivity index (χ3v) is 2.49. The largest absolute Gasteiger partial charge is 0.476 e. The molecule has 0 fully saturated rings. The number of carboxylic acids is 1. The Morgan fingerprint density at radius 1 is 1.83 bits per heavy atom. The van der Waals surface area contributed by atoms with Crippen molar-refractivity contribution in [3.8, 4) is 6.07 Å². The van der Waals surface area contributed by atoms with Crippen molar-refractivity contribution in [1.29, 1.82) is 5.26 Å². The van der Waals surface area contributed by atoms with Gasteiger partial charge in [0.05, 0.1) is 0 Å².